The molecule has 2 amide bonds. The first kappa shape index (κ1) is 43.8. The number of nitrogens with one attached hydrogen (secondary N) is 2. The number of benzene rings is 5. The molecule has 0 bridgehead atoms. The number of hydrogen-bond acceptors (Lipinski definition) is 10. The van der Waals surface area contributed by atoms with Crippen molar-refractivity contribution in [1.29, 1.82) is 0 Å². The Kier molecular flexibility index (Phi) is 12.8. The molecule has 9 rings (SSSR count). The first-order valence-electron chi connectivity index (χ1n) is 20.9. The van der Waals surface area contributed by atoms with Crippen LogP contribution in [0.4, 0.5) is 13.9 Å². The molecule has 0 aliphatic carbocycles. The van der Waals surface area contributed by atoms with E-state index in [-0.39, 0.29) is 17.9 Å². The van der Waals surface area contributed by atoms with Crippen molar-refractivity contribution >= 4 is 51.7 Å². The Labute approximate surface area is 387 Å². The summed E-state index contributed by atoms with van der Waals surface area (Å²) in [4.78, 5) is 53.5. The molecule has 5 aromatic carbocycles. The zero-order chi connectivity index (χ0) is 45.6. The maximum atomic E-state index is 14.6. The van der Waals surface area contributed by atoms with Crippen LogP contribution in [0.15, 0.2) is 192 Å². The van der Waals surface area contributed by atoms with Gasteiger partial charge in [0.2, 0.25) is 0 Å². The van der Waals surface area contributed by atoms with Crippen molar-refractivity contribution in [2.45, 2.75) is 36.2 Å². The predicted molar refractivity (Wildman–Crippen MR) is 247 cm³/mol. The Morgan fingerprint density at radius 1 is 0.833 bits per heavy atom. The summed E-state index contributed by atoms with van der Waals surface area (Å²) in [6, 6.07) is 48.7. The molecule has 2 atom stereocenters. The highest BCUT2D eigenvalue weighted by Crippen LogP contribution is 2.43. The molecular weight excluding hydrogens is 881 g/mol. The number of oxime groups is 1. The third-order valence-corrected chi connectivity index (χ3v) is 13.5. The van der Waals surface area contributed by atoms with E-state index in [1.54, 1.807) is 0 Å². The summed E-state index contributed by atoms with van der Waals surface area (Å²) in [5.41, 5.74) is 3.24. The lowest BCUT2D eigenvalue weighted by molar-refractivity contribution is -0.752. The van der Waals surface area contributed by atoms with E-state index < -0.39 is 53.2 Å². The van der Waals surface area contributed by atoms with Crippen LogP contribution in [-0.4, -0.2) is 61.8 Å². The van der Waals surface area contributed by atoms with Gasteiger partial charge in [-0.25, -0.2) is 9.78 Å². The Balaban J connectivity index is 1.01. The quantitative estimate of drug-likeness (QED) is 0.0251. The third-order valence-electron chi connectivity index (χ3n) is 11.4. The van der Waals surface area contributed by atoms with Crippen molar-refractivity contribution in [3.8, 4) is 0 Å². The monoisotopic (exact) mass is 922 g/mol. The maximum Gasteiger partial charge on any atom is 0.407 e. The van der Waals surface area contributed by atoms with Crippen LogP contribution in [0.3, 0.4) is 0 Å². The molecule has 2 aromatic heterocycles. The fraction of sp³-hybridized carbons (Fsp3) is 0.160. The zero-order valence-corrected chi connectivity index (χ0v) is 36.9. The average molecular weight is 923 g/mol. The second-order valence-corrected chi connectivity index (χ2v) is 17.4. The molecule has 16 heteroatoms. The number of thioether (sulfide) groups is 1. The van der Waals surface area contributed by atoms with Gasteiger partial charge in [0.05, 0.1) is 6.20 Å². The van der Waals surface area contributed by atoms with Crippen molar-refractivity contribution in [2.24, 2.45) is 12.2 Å². The first-order valence-corrected chi connectivity index (χ1v) is 22.9. The number of anilines is 1. The standard InChI is InChI=1S/C50H41F2N7O5S2/c1-57-28-17-29-58(57)30-35-31-65-46-41(45(61)59(46)42(35)47(62)63-43(33-18-7-2-8-19-33)34-20-9-3-10-21-34)54-44(60)40(56-64-48(51)52)39-32-66-49(53-39)55-50(36-22-11-4-12-23-36,37-24-13-5-14-25-37)38-26-15-6-16-27-38/h2-29,32,41,43,46,48H,30-31H2,1H3,(H-,53,54,55,60)/p+1/t41-,46-/m1/s1. The number of esters is 1. The summed E-state index contributed by atoms with van der Waals surface area (Å²) in [7, 11) is 1.86. The molecule has 1 fully saturated rings. The Morgan fingerprint density at radius 2 is 1.38 bits per heavy atom. The lowest BCUT2D eigenvalue weighted by Crippen LogP contribution is -2.71. The van der Waals surface area contributed by atoms with Gasteiger partial charge in [0.25, 0.3) is 11.8 Å². The van der Waals surface area contributed by atoms with Crippen molar-refractivity contribution in [2.75, 3.05) is 11.1 Å². The lowest BCUT2D eigenvalue weighted by atomic mass is 9.77. The van der Waals surface area contributed by atoms with Crippen LogP contribution in [0.5, 0.6) is 0 Å². The number of aromatic nitrogens is 3. The number of carbonyl (C=O) groups is 3. The summed E-state index contributed by atoms with van der Waals surface area (Å²) in [5, 5.41) is 11.0. The van der Waals surface area contributed by atoms with Gasteiger partial charge in [-0.2, -0.15) is 13.5 Å². The van der Waals surface area contributed by atoms with Gasteiger partial charge in [-0.05, 0) is 33.4 Å². The Morgan fingerprint density at radius 3 is 1.89 bits per heavy atom. The predicted octanol–water partition coefficient (Wildman–Crippen LogP) is 7.80. The maximum absolute atomic E-state index is 14.6. The van der Waals surface area contributed by atoms with Crippen LogP contribution >= 0.6 is 23.1 Å². The topological polar surface area (TPSA) is 131 Å². The van der Waals surface area contributed by atoms with E-state index in [4.69, 9.17) is 9.72 Å². The number of ether oxygens (including phenoxy) is 1. The van der Waals surface area contributed by atoms with Gasteiger partial charge in [0, 0.05) is 17.2 Å². The van der Waals surface area contributed by atoms with Crippen LogP contribution < -0.4 is 15.3 Å². The van der Waals surface area contributed by atoms with Gasteiger partial charge in [0.15, 0.2) is 30.2 Å². The number of halogens is 2. The van der Waals surface area contributed by atoms with E-state index >= 15 is 0 Å². The molecule has 7 aromatic rings. The number of hydrogen-bond donors (Lipinski definition) is 2. The number of nitrogens with zero attached hydrogens (tertiary/aromatic N) is 5. The Hall–Kier alpha value is -7.43. The minimum Gasteiger partial charge on any atom is -0.448 e. The molecule has 2 N–H and O–H groups in total. The summed E-state index contributed by atoms with van der Waals surface area (Å²) < 4.78 is 37.3. The van der Waals surface area contributed by atoms with Gasteiger partial charge < -0.3 is 20.2 Å². The number of rotatable bonds is 16. The van der Waals surface area contributed by atoms with E-state index in [1.165, 1.54) is 22.0 Å². The summed E-state index contributed by atoms with van der Waals surface area (Å²) in [5.74, 6) is -1.97. The van der Waals surface area contributed by atoms with Crippen LogP contribution in [0.25, 0.3) is 0 Å². The summed E-state index contributed by atoms with van der Waals surface area (Å²) in [6.07, 6.45) is 2.93. The molecule has 1 saturated heterocycles. The van der Waals surface area contributed by atoms with Gasteiger partial charge in [0.1, 0.15) is 34.9 Å². The molecule has 2 aliphatic heterocycles. The number of alkyl halides is 2. The molecule has 0 radical (unpaired) electrons. The van der Waals surface area contributed by atoms with Crippen molar-refractivity contribution in [1.82, 2.24) is 19.9 Å². The van der Waals surface area contributed by atoms with Crippen molar-refractivity contribution in [3.63, 3.8) is 0 Å². The molecule has 4 heterocycles. The molecule has 0 unspecified atom stereocenters. The summed E-state index contributed by atoms with van der Waals surface area (Å²) in [6.45, 7) is -3.08. The second kappa shape index (κ2) is 19.4. The molecule has 66 heavy (non-hydrogen) atoms. The number of fused-ring (bicyclic) bond motifs is 1. The highest BCUT2D eigenvalue weighted by Gasteiger charge is 2.55. The largest absolute Gasteiger partial charge is 0.448 e. The summed E-state index contributed by atoms with van der Waals surface area (Å²) >= 11 is 2.49. The number of aryl methyl sites for hydroxylation is 1. The molecular formula is C50H42F2N7O5S2+. The number of amides is 2. The van der Waals surface area contributed by atoms with Gasteiger partial charge in [-0.15, -0.1) is 27.8 Å². The van der Waals surface area contributed by atoms with Gasteiger partial charge in [-0.3, -0.25) is 14.5 Å². The average Bonchev–Trinajstić information content (AvgIpc) is 4.00. The normalized spacial score (nSPS) is 16.2. The number of thiazole rings is 1. The van der Waals surface area contributed by atoms with E-state index in [0.29, 0.717) is 16.5 Å². The van der Waals surface area contributed by atoms with Crippen molar-refractivity contribution < 1.29 is 37.4 Å². The fourth-order valence-corrected chi connectivity index (χ4v) is 10.3. The van der Waals surface area contributed by atoms with E-state index in [1.807, 2.05) is 187 Å². The highest BCUT2D eigenvalue weighted by atomic mass is 32.2. The van der Waals surface area contributed by atoms with Gasteiger partial charge >= 0.3 is 12.6 Å². The van der Waals surface area contributed by atoms with E-state index in [0.717, 1.165) is 39.2 Å². The first-order chi connectivity index (χ1) is 32.2. The SMILES string of the molecule is C[n+]1cccn1CC1=C(C(=O)OC(c2ccccc2)c2ccccc2)N2C(=O)[C@@H](NC(=O)C(=NOC(F)F)c3csc(NC(c4ccccc4)(c4ccccc4)c4ccccc4)n3)[C@H]2SC1. The number of β-lactam (4-membered cyclic amide) rings is 1. The minimum absolute atomic E-state index is 0.0671. The molecule has 0 spiro atoms. The molecule has 332 valence electrons. The number of carbonyl (C=O) groups excluding carboxylic acids is 3. The lowest BCUT2D eigenvalue weighted by Gasteiger charge is -2.49. The zero-order valence-electron chi connectivity index (χ0n) is 35.3. The smallest absolute Gasteiger partial charge is 0.407 e. The molecule has 2 aliphatic rings. The van der Waals surface area contributed by atoms with E-state index in [2.05, 4.69) is 20.6 Å². The third kappa shape index (κ3) is 8.84. The second-order valence-electron chi connectivity index (χ2n) is 15.4. The fourth-order valence-electron chi connectivity index (χ4n) is 8.24. The highest BCUT2D eigenvalue weighted by molar-refractivity contribution is 8.00. The molecule has 0 saturated carbocycles. The van der Waals surface area contributed by atoms with Gasteiger partial charge in [-0.1, -0.05) is 157 Å². The Bertz CT molecular complexity index is 2750. The van der Waals surface area contributed by atoms with E-state index in [9.17, 15) is 23.2 Å². The van der Waals surface area contributed by atoms with Crippen LogP contribution in [0, 0.1) is 0 Å². The van der Waals surface area contributed by atoms with Crippen LogP contribution in [0.1, 0.15) is 39.6 Å². The van der Waals surface area contributed by atoms with Crippen LogP contribution in [0.2, 0.25) is 0 Å². The minimum atomic E-state index is -3.35. The molecule has 12 nitrogen and oxygen atoms in total. The van der Waals surface area contributed by atoms with Crippen LogP contribution in [-0.2, 0) is 43.1 Å². The van der Waals surface area contributed by atoms with Crippen molar-refractivity contribution in [3.05, 3.63) is 220 Å².